The molecule has 0 fully saturated rings. The Balaban J connectivity index is 1.70. The van der Waals surface area contributed by atoms with E-state index in [1.54, 1.807) is 30.3 Å². The largest absolute Gasteiger partial charge is 0.427 e. The zero-order valence-electron chi connectivity index (χ0n) is 13.7. The van der Waals surface area contributed by atoms with Gasteiger partial charge in [0.2, 0.25) is 4.96 Å². The molecule has 2 aromatic carbocycles. The molecule has 4 rings (SSSR count). The van der Waals surface area contributed by atoms with Crippen LogP contribution < -0.4 is 14.8 Å². The van der Waals surface area contributed by atoms with Crippen LogP contribution in [0.15, 0.2) is 59.4 Å². The van der Waals surface area contributed by atoms with E-state index in [-0.39, 0.29) is 11.5 Å². The Bertz CT molecular complexity index is 1190. The summed E-state index contributed by atoms with van der Waals surface area (Å²) in [6.45, 7) is 1.35. The highest BCUT2D eigenvalue weighted by Crippen LogP contribution is 2.16. The molecule has 0 aliphatic heterocycles. The number of nitrogens with zero attached hydrogens (tertiary/aromatic N) is 3. The van der Waals surface area contributed by atoms with E-state index in [4.69, 9.17) is 4.74 Å². The first-order valence-corrected chi connectivity index (χ1v) is 8.67. The SMILES string of the molecule is CC(=O)Oc1ccc(/C=c2\sc3nc(-c4ccccc4)nn3c2=O)cc1. The first kappa shape index (κ1) is 16.2. The highest BCUT2D eigenvalue weighted by molar-refractivity contribution is 7.15. The van der Waals surface area contributed by atoms with Gasteiger partial charge in [0.25, 0.3) is 5.56 Å². The van der Waals surface area contributed by atoms with Gasteiger partial charge in [-0.3, -0.25) is 9.59 Å². The van der Waals surface area contributed by atoms with Gasteiger partial charge in [-0.05, 0) is 23.8 Å². The summed E-state index contributed by atoms with van der Waals surface area (Å²) in [5, 5.41) is 4.32. The first-order chi connectivity index (χ1) is 12.6. The van der Waals surface area contributed by atoms with E-state index in [9.17, 15) is 9.59 Å². The maximum atomic E-state index is 12.6. The Morgan fingerprint density at radius 3 is 2.50 bits per heavy atom. The molecule has 0 N–H and O–H groups in total. The molecule has 0 saturated heterocycles. The van der Waals surface area contributed by atoms with Crippen molar-refractivity contribution < 1.29 is 9.53 Å². The van der Waals surface area contributed by atoms with Crippen molar-refractivity contribution in [3.63, 3.8) is 0 Å². The van der Waals surface area contributed by atoms with Gasteiger partial charge in [-0.2, -0.15) is 9.50 Å². The van der Waals surface area contributed by atoms with Crippen molar-refractivity contribution in [1.82, 2.24) is 14.6 Å². The second-order valence-corrected chi connectivity index (χ2v) is 6.58. The van der Waals surface area contributed by atoms with Crippen molar-refractivity contribution >= 4 is 28.3 Å². The summed E-state index contributed by atoms with van der Waals surface area (Å²) in [5.41, 5.74) is 1.49. The third kappa shape index (κ3) is 3.12. The molecule has 2 heterocycles. The standard InChI is InChI=1S/C19H13N3O3S/c1-12(23)25-15-9-7-13(8-10-15)11-16-18(24)22-19(26-16)20-17(21-22)14-5-3-2-4-6-14/h2-11H,1H3/b16-11-. The molecule has 0 aliphatic carbocycles. The van der Waals surface area contributed by atoms with E-state index in [1.807, 2.05) is 30.3 Å². The Kier molecular flexibility index (Phi) is 4.06. The van der Waals surface area contributed by atoms with Crippen molar-refractivity contribution in [3.8, 4) is 17.1 Å². The molecule has 0 radical (unpaired) electrons. The minimum Gasteiger partial charge on any atom is -0.427 e. The zero-order valence-corrected chi connectivity index (χ0v) is 14.6. The lowest BCUT2D eigenvalue weighted by atomic mass is 10.2. The number of aromatic nitrogens is 3. The predicted molar refractivity (Wildman–Crippen MR) is 99.1 cm³/mol. The van der Waals surface area contributed by atoms with Crippen LogP contribution in [0.25, 0.3) is 22.4 Å². The predicted octanol–water partition coefficient (Wildman–Crippen LogP) is 2.29. The molecule has 0 aliphatic rings. The van der Waals surface area contributed by atoms with Crippen molar-refractivity contribution in [2.24, 2.45) is 0 Å². The van der Waals surface area contributed by atoms with Crippen LogP contribution in [0, 0.1) is 0 Å². The third-order valence-electron chi connectivity index (χ3n) is 3.65. The summed E-state index contributed by atoms with van der Waals surface area (Å²) < 4.78 is 6.86. The molecule has 6 nitrogen and oxygen atoms in total. The number of carbonyl (C=O) groups excluding carboxylic acids is 1. The van der Waals surface area contributed by atoms with Crippen LogP contribution in [0.4, 0.5) is 0 Å². The van der Waals surface area contributed by atoms with Crippen LogP contribution in [-0.4, -0.2) is 20.6 Å². The lowest BCUT2D eigenvalue weighted by Crippen LogP contribution is -2.23. The number of benzene rings is 2. The van der Waals surface area contributed by atoms with E-state index in [0.717, 1.165) is 11.1 Å². The highest BCUT2D eigenvalue weighted by Gasteiger charge is 2.11. The molecule has 0 bridgehead atoms. The quantitative estimate of drug-likeness (QED) is 0.412. The van der Waals surface area contributed by atoms with Gasteiger partial charge in [0.15, 0.2) is 5.82 Å². The van der Waals surface area contributed by atoms with Gasteiger partial charge in [-0.25, -0.2) is 0 Å². The fourth-order valence-electron chi connectivity index (χ4n) is 2.49. The second kappa shape index (κ2) is 6.53. The average molecular weight is 363 g/mol. The number of rotatable bonds is 3. The number of fused-ring (bicyclic) bond motifs is 1. The Hall–Kier alpha value is -3.32. The molecule has 0 spiro atoms. The number of ether oxygens (including phenoxy) is 1. The van der Waals surface area contributed by atoms with Crippen LogP contribution in [0.1, 0.15) is 12.5 Å². The van der Waals surface area contributed by atoms with Gasteiger partial charge >= 0.3 is 5.97 Å². The maximum Gasteiger partial charge on any atom is 0.308 e. The fourth-order valence-corrected chi connectivity index (χ4v) is 3.40. The Labute approximate surface area is 152 Å². The molecule has 26 heavy (non-hydrogen) atoms. The Morgan fingerprint density at radius 1 is 1.12 bits per heavy atom. The summed E-state index contributed by atoms with van der Waals surface area (Å²) >= 11 is 1.29. The summed E-state index contributed by atoms with van der Waals surface area (Å²) in [6, 6.07) is 16.5. The lowest BCUT2D eigenvalue weighted by molar-refractivity contribution is -0.131. The topological polar surface area (TPSA) is 73.6 Å². The molecule has 4 aromatic rings. The minimum absolute atomic E-state index is 0.205. The number of thiazole rings is 1. The van der Waals surface area contributed by atoms with E-state index in [2.05, 4.69) is 10.1 Å². The van der Waals surface area contributed by atoms with Crippen LogP contribution in [-0.2, 0) is 4.79 Å². The van der Waals surface area contributed by atoms with Crippen molar-refractivity contribution in [1.29, 1.82) is 0 Å². The molecule has 0 atom stereocenters. The summed E-state index contributed by atoms with van der Waals surface area (Å²) in [7, 11) is 0. The van der Waals surface area contributed by atoms with E-state index < -0.39 is 0 Å². The van der Waals surface area contributed by atoms with Gasteiger partial charge in [-0.15, -0.1) is 5.10 Å². The number of carbonyl (C=O) groups is 1. The van der Waals surface area contributed by atoms with Gasteiger partial charge in [0.1, 0.15) is 5.75 Å². The van der Waals surface area contributed by atoms with Gasteiger partial charge < -0.3 is 4.74 Å². The van der Waals surface area contributed by atoms with Crippen LogP contribution in [0.5, 0.6) is 5.75 Å². The summed E-state index contributed by atoms with van der Waals surface area (Å²) in [4.78, 5) is 28.5. The van der Waals surface area contributed by atoms with Gasteiger partial charge in [-0.1, -0.05) is 53.8 Å². The monoisotopic (exact) mass is 363 g/mol. The van der Waals surface area contributed by atoms with Crippen LogP contribution in [0.2, 0.25) is 0 Å². The highest BCUT2D eigenvalue weighted by atomic mass is 32.1. The average Bonchev–Trinajstić information content (AvgIpc) is 3.17. The number of hydrogen-bond acceptors (Lipinski definition) is 6. The maximum absolute atomic E-state index is 12.6. The van der Waals surface area contributed by atoms with E-state index >= 15 is 0 Å². The van der Waals surface area contributed by atoms with Gasteiger partial charge in [0.05, 0.1) is 4.53 Å². The number of hydrogen-bond donors (Lipinski definition) is 0. The first-order valence-electron chi connectivity index (χ1n) is 7.85. The summed E-state index contributed by atoms with van der Waals surface area (Å²) in [5.74, 6) is 0.627. The molecular formula is C19H13N3O3S. The van der Waals surface area contributed by atoms with Gasteiger partial charge in [0, 0.05) is 12.5 Å². The molecule has 7 heteroatoms. The fraction of sp³-hybridized carbons (Fsp3) is 0.0526. The zero-order chi connectivity index (χ0) is 18.1. The molecule has 2 aromatic heterocycles. The minimum atomic E-state index is -0.372. The van der Waals surface area contributed by atoms with Crippen LogP contribution in [0.3, 0.4) is 0 Å². The Morgan fingerprint density at radius 2 is 1.85 bits per heavy atom. The third-order valence-corrected chi connectivity index (χ3v) is 4.61. The van der Waals surface area contributed by atoms with E-state index in [1.165, 1.54) is 22.8 Å². The smallest absolute Gasteiger partial charge is 0.308 e. The molecule has 0 amide bonds. The molecule has 128 valence electrons. The van der Waals surface area contributed by atoms with E-state index in [0.29, 0.717) is 21.1 Å². The van der Waals surface area contributed by atoms with Crippen molar-refractivity contribution in [2.45, 2.75) is 6.92 Å². The molecular weight excluding hydrogens is 350 g/mol. The normalized spacial score (nSPS) is 11.8. The molecule has 0 unspecified atom stereocenters. The second-order valence-electron chi connectivity index (χ2n) is 5.57. The molecule has 0 saturated carbocycles. The van der Waals surface area contributed by atoms with Crippen molar-refractivity contribution in [3.05, 3.63) is 75.0 Å². The lowest BCUT2D eigenvalue weighted by Gasteiger charge is -2.00. The number of esters is 1. The summed E-state index contributed by atoms with van der Waals surface area (Å²) in [6.07, 6.45) is 1.77. The van der Waals surface area contributed by atoms with Crippen LogP contribution >= 0.6 is 11.3 Å². The van der Waals surface area contributed by atoms with Crippen molar-refractivity contribution in [2.75, 3.05) is 0 Å².